The van der Waals surface area contributed by atoms with Crippen LogP contribution in [0.15, 0.2) is 47.4 Å². The molecule has 0 aliphatic heterocycles. The van der Waals surface area contributed by atoms with Crippen molar-refractivity contribution in [2.45, 2.75) is 38.1 Å². The van der Waals surface area contributed by atoms with Crippen LogP contribution in [0.5, 0.6) is 0 Å². The van der Waals surface area contributed by atoms with Crippen LogP contribution < -0.4 is 0 Å². The molecule has 0 radical (unpaired) electrons. The van der Waals surface area contributed by atoms with Crippen molar-refractivity contribution in [3.05, 3.63) is 65.2 Å². The van der Waals surface area contributed by atoms with Gasteiger partial charge in [0.1, 0.15) is 11.6 Å². The third kappa shape index (κ3) is 5.83. The van der Waals surface area contributed by atoms with Gasteiger partial charge < -0.3 is 4.90 Å². The fraction of sp³-hybridized carbons (Fsp3) is 0.381. The summed E-state index contributed by atoms with van der Waals surface area (Å²) in [5, 5.41) is 0. The van der Waals surface area contributed by atoms with Crippen LogP contribution in [0.4, 0.5) is 8.78 Å². The van der Waals surface area contributed by atoms with Crippen LogP contribution in [0.3, 0.4) is 0 Å². The van der Waals surface area contributed by atoms with Gasteiger partial charge in [0.2, 0.25) is 15.9 Å². The molecule has 0 aliphatic carbocycles. The summed E-state index contributed by atoms with van der Waals surface area (Å²) >= 11 is 0. The van der Waals surface area contributed by atoms with Gasteiger partial charge in [0.25, 0.3) is 0 Å². The van der Waals surface area contributed by atoms with Crippen LogP contribution in [0.1, 0.15) is 31.4 Å². The molecule has 0 saturated carbocycles. The van der Waals surface area contributed by atoms with Gasteiger partial charge in [-0.2, -0.15) is 4.31 Å². The van der Waals surface area contributed by atoms with Gasteiger partial charge in [-0.1, -0.05) is 32.0 Å². The molecule has 0 atom stereocenters. The molecular formula is C21H26F2N2O3S. The van der Waals surface area contributed by atoms with E-state index in [1.54, 1.807) is 45.2 Å². The summed E-state index contributed by atoms with van der Waals surface area (Å²) in [7, 11) is -1.95. The van der Waals surface area contributed by atoms with E-state index >= 15 is 0 Å². The third-order valence-corrected chi connectivity index (χ3v) is 6.81. The van der Waals surface area contributed by atoms with Gasteiger partial charge in [0.05, 0.1) is 4.90 Å². The molecule has 1 amide bonds. The molecule has 0 aliphatic rings. The van der Waals surface area contributed by atoms with Crippen LogP contribution in [-0.4, -0.2) is 43.7 Å². The Hall–Kier alpha value is -2.32. The number of amides is 1. The maximum Gasteiger partial charge on any atom is 0.243 e. The number of halogens is 2. The molecule has 2 rings (SSSR count). The van der Waals surface area contributed by atoms with Crippen molar-refractivity contribution in [2.24, 2.45) is 0 Å². The first kappa shape index (κ1) is 23.0. The first-order valence-electron chi connectivity index (χ1n) is 9.46. The Labute approximate surface area is 171 Å². The summed E-state index contributed by atoms with van der Waals surface area (Å²) < 4.78 is 53.1. The lowest BCUT2D eigenvalue weighted by Gasteiger charge is -2.19. The van der Waals surface area contributed by atoms with E-state index in [1.807, 2.05) is 0 Å². The van der Waals surface area contributed by atoms with Gasteiger partial charge >= 0.3 is 0 Å². The number of carbonyl (C=O) groups is 1. The highest BCUT2D eigenvalue weighted by atomic mass is 32.2. The molecule has 158 valence electrons. The van der Waals surface area contributed by atoms with Gasteiger partial charge in [-0.05, 0) is 30.2 Å². The number of benzene rings is 2. The standard InChI is InChI=1S/C21H26F2N2O3S/c1-4-25(5-2)29(27,28)19-11-6-16(7-12-19)8-13-21(26)24(3)15-17-9-10-18(22)14-20(17)23/h6-7,9-12,14H,4-5,8,13,15H2,1-3H3. The van der Waals surface area contributed by atoms with Crippen LogP contribution >= 0.6 is 0 Å². The maximum absolute atomic E-state index is 13.7. The molecule has 2 aromatic carbocycles. The highest BCUT2D eigenvalue weighted by Crippen LogP contribution is 2.17. The van der Waals surface area contributed by atoms with E-state index < -0.39 is 21.7 Å². The molecule has 0 bridgehead atoms. The number of carbonyl (C=O) groups excluding carboxylic acids is 1. The van der Waals surface area contributed by atoms with Crippen LogP contribution in [-0.2, 0) is 27.8 Å². The van der Waals surface area contributed by atoms with Crippen molar-refractivity contribution in [2.75, 3.05) is 20.1 Å². The molecule has 0 spiro atoms. The second kappa shape index (κ2) is 9.93. The van der Waals surface area contributed by atoms with E-state index in [0.29, 0.717) is 19.5 Å². The zero-order chi connectivity index (χ0) is 21.6. The minimum Gasteiger partial charge on any atom is -0.341 e. The SMILES string of the molecule is CCN(CC)S(=O)(=O)c1ccc(CCC(=O)N(C)Cc2ccc(F)cc2F)cc1. The molecule has 2 aromatic rings. The summed E-state index contributed by atoms with van der Waals surface area (Å²) in [4.78, 5) is 13.9. The van der Waals surface area contributed by atoms with Crippen LogP contribution in [0, 0.1) is 11.6 Å². The van der Waals surface area contributed by atoms with Crippen LogP contribution in [0.25, 0.3) is 0 Å². The normalized spacial score (nSPS) is 11.7. The van der Waals surface area contributed by atoms with Gasteiger partial charge in [-0.25, -0.2) is 17.2 Å². The molecule has 0 fully saturated rings. The minimum atomic E-state index is -3.51. The fourth-order valence-electron chi connectivity index (χ4n) is 2.98. The van der Waals surface area contributed by atoms with E-state index in [2.05, 4.69) is 0 Å². The smallest absolute Gasteiger partial charge is 0.243 e. The lowest BCUT2D eigenvalue weighted by Crippen LogP contribution is -2.30. The third-order valence-electron chi connectivity index (χ3n) is 4.74. The Morgan fingerprint density at radius 2 is 1.62 bits per heavy atom. The van der Waals surface area contributed by atoms with Crippen molar-refractivity contribution in [1.82, 2.24) is 9.21 Å². The average Bonchev–Trinajstić information content (AvgIpc) is 2.69. The van der Waals surface area contributed by atoms with Crippen molar-refractivity contribution < 1.29 is 22.0 Å². The Morgan fingerprint density at radius 1 is 1.00 bits per heavy atom. The molecule has 0 unspecified atom stereocenters. The number of rotatable bonds is 9. The van der Waals surface area contributed by atoms with E-state index in [0.717, 1.165) is 17.7 Å². The lowest BCUT2D eigenvalue weighted by molar-refractivity contribution is -0.130. The van der Waals surface area contributed by atoms with E-state index in [4.69, 9.17) is 0 Å². The monoisotopic (exact) mass is 424 g/mol. The molecule has 8 heteroatoms. The number of hydrogen-bond donors (Lipinski definition) is 0. The van der Waals surface area contributed by atoms with E-state index in [9.17, 15) is 22.0 Å². The van der Waals surface area contributed by atoms with Crippen molar-refractivity contribution in [3.8, 4) is 0 Å². The summed E-state index contributed by atoms with van der Waals surface area (Å²) in [6, 6.07) is 9.76. The largest absolute Gasteiger partial charge is 0.341 e. The summed E-state index contributed by atoms with van der Waals surface area (Å²) in [6.45, 7) is 4.42. The van der Waals surface area contributed by atoms with Gasteiger partial charge in [-0.3, -0.25) is 4.79 Å². The second-order valence-electron chi connectivity index (χ2n) is 6.72. The number of aryl methyl sites for hydroxylation is 1. The van der Waals surface area contributed by atoms with Crippen LogP contribution in [0.2, 0.25) is 0 Å². The summed E-state index contributed by atoms with van der Waals surface area (Å²) in [5.74, 6) is -1.53. The van der Waals surface area contributed by atoms with Crippen molar-refractivity contribution in [1.29, 1.82) is 0 Å². The maximum atomic E-state index is 13.7. The molecule has 0 aromatic heterocycles. The first-order chi connectivity index (χ1) is 13.7. The van der Waals surface area contributed by atoms with E-state index in [-0.39, 0.29) is 29.3 Å². The molecule has 0 N–H and O–H groups in total. The topological polar surface area (TPSA) is 57.7 Å². The number of hydrogen-bond acceptors (Lipinski definition) is 3. The van der Waals surface area contributed by atoms with Crippen molar-refractivity contribution in [3.63, 3.8) is 0 Å². The quantitative estimate of drug-likeness (QED) is 0.618. The Bertz CT molecular complexity index is 943. The Kier molecular flexibility index (Phi) is 7.87. The predicted molar refractivity (Wildman–Crippen MR) is 108 cm³/mol. The molecule has 0 heterocycles. The van der Waals surface area contributed by atoms with E-state index in [1.165, 1.54) is 15.3 Å². The number of nitrogens with zero attached hydrogens (tertiary/aromatic N) is 2. The fourth-order valence-corrected chi connectivity index (χ4v) is 4.43. The average molecular weight is 425 g/mol. The first-order valence-corrected chi connectivity index (χ1v) is 10.9. The Balaban J connectivity index is 1.96. The number of sulfonamides is 1. The lowest BCUT2D eigenvalue weighted by atomic mass is 10.1. The molecule has 29 heavy (non-hydrogen) atoms. The molecular weight excluding hydrogens is 398 g/mol. The zero-order valence-corrected chi connectivity index (χ0v) is 17.7. The van der Waals surface area contributed by atoms with Gasteiger partial charge in [0, 0.05) is 44.7 Å². The predicted octanol–water partition coefficient (Wildman–Crippen LogP) is 3.59. The van der Waals surface area contributed by atoms with Gasteiger partial charge in [-0.15, -0.1) is 0 Å². The second-order valence-corrected chi connectivity index (χ2v) is 8.66. The minimum absolute atomic E-state index is 0.0476. The molecule has 5 nitrogen and oxygen atoms in total. The Morgan fingerprint density at radius 3 is 2.17 bits per heavy atom. The highest BCUT2D eigenvalue weighted by Gasteiger charge is 2.21. The summed E-state index contributed by atoms with van der Waals surface area (Å²) in [5.41, 5.74) is 1.08. The van der Waals surface area contributed by atoms with Crippen molar-refractivity contribution >= 4 is 15.9 Å². The molecule has 0 saturated heterocycles. The van der Waals surface area contributed by atoms with Gasteiger partial charge in [0.15, 0.2) is 0 Å². The zero-order valence-electron chi connectivity index (χ0n) is 16.9. The summed E-state index contributed by atoms with van der Waals surface area (Å²) in [6.07, 6.45) is 0.627. The highest BCUT2D eigenvalue weighted by molar-refractivity contribution is 7.89.